The van der Waals surface area contributed by atoms with Crippen molar-refractivity contribution in [2.45, 2.75) is 25.7 Å². The molecule has 138 valence electrons. The summed E-state index contributed by atoms with van der Waals surface area (Å²) < 4.78 is 28.0. The topological polar surface area (TPSA) is 63.2 Å². The third-order valence-corrected chi connectivity index (χ3v) is 5.69. The van der Waals surface area contributed by atoms with Crippen LogP contribution in [0.4, 0.5) is 5.69 Å². The molecular weight excluding hydrogens is 358 g/mol. The average molecular weight is 379 g/mol. The quantitative estimate of drug-likeness (QED) is 0.657. The molecule has 3 aromatic rings. The molecule has 27 heavy (non-hydrogen) atoms. The van der Waals surface area contributed by atoms with E-state index in [1.165, 1.54) is 0 Å². The summed E-state index contributed by atoms with van der Waals surface area (Å²) >= 11 is 0. The fraction of sp³-hybridized carbons (Fsp3) is 0.136. The molecule has 4 nitrogen and oxygen atoms in total. The van der Waals surface area contributed by atoms with Gasteiger partial charge in [-0.3, -0.25) is 9.52 Å². The number of sulfonamides is 1. The highest BCUT2D eigenvalue weighted by atomic mass is 32.2. The van der Waals surface area contributed by atoms with Crippen molar-refractivity contribution in [3.63, 3.8) is 0 Å². The zero-order valence-electron chi connectivity index (χ0n) is 15.5. The molecule has 0 amide bonds. The lowest BCUT2D eigenvalue weighted by atomic mass is 9.99. The number of benzene rings is 3. The Kier molecular flexibility index (Phi) is 5.15. The molecule has 3 rings (SSSR count). The van der Waals surface area contributed by atoms with Crippen LogP contribution in [0.1, 0.15) is 32.6 Å². The van der Waals surface area contributed by atoms with E-state index in [0.29, 0.717) is 11.1 Å². The first-order valence-corrected chi connectivity index (χ1v) is 10.1. The zero-order chi connectivity index (χ0) is 19.6. The maximum absolute atomic E-state index is 13.0. The summed E-state index contributed by atoms with van der Waals surface area (Å²) in [4.78, 5) is 13.1. The van der Waals surface area contributed by atoms with Crippen LogP contribution in [0.3, 0.4) is 0 Å². The van der Waals surface area contributed by atoms with Gasteiger partial charge in [0, 0.05) is 11.1 Å². The molecule has 0 aliphatic rings. The molecule has 0 spiro atoms. The Morgan fingerprint density at radius 3 is 1.85 bits per heavy atom. The maximum Gasteiger partial charge on any atom is 0.261 e. The van der Waals surface area contributed by atoms with Gasteiger partial charge >= 0.3 is 0 Å². The second-order valence-corrected chi connectivity index (χ2v) is 8.35. The Hall–Kier alpha value is -2.92. The van der Waals surface area contributed by atoms with Crippen LogP contribution < -0.4 is 4.72 Å². The molecule has 5 heteroatoms. The maximum atomic E-state index is 13.0. The number of aryl methyl sites for hydroxylation is 3. The molecular formula is C22H21NO3S. The van der Waals surface area contributed by atoms with Crippen LogP contribution in [0.5, 0.6) is 0 Å². The number of anilines is 1. The van der Waals surface area contributed by atoms with E-state index < -0.39 is 10.0 Å². The summed E-state index contributed by atoms with van der Waals surface area (Å²) in [6.07, 6.45) is 0. The lowest BCUT2D eigenvalue weighted by Gasteiger charge is -2.13. The molecule has 0 aromatic heterocycles. The summed E-state index contributed by atoms with van der Waals surface area (Å²) in [6.45, 7) is 5.70. The van der Waals surface area contributed by atoms with Crippen LogP contribution in [0.2, 0.25) is 0 Å². The van der Waals surface area contributed by atoms with Crippen LogP contribution in [-0.4, -0.2) is 14.2 Å². The van der Waals surface area contributed by atoms with Gasteiger partial charge in [-0.1, -0.05) is 59.2 Å². The molecule has 0 heterocycles. The van der Waals surface area contributed by atoms with E-state index in [2.05, 4.69) is 4.72 Å². The first kappa shape index (κ1) is 18.9. The third-order valence-electron chi connectivity index (χ3n) is 4.31. The van der Waals surface area contributed by atoms with E-state index in [-0.39, 0.29) is 16.4 Å². The van der Waals surface area contributed by atoms with Crippen molar-refractivity contribution in [1.29, 1.82) is 0 Å². The van der Waals surface area contributed by atoms with Gasteiger partial charge in [0.2, 0.25) is 0 Å². The van der Waals surface area contributed by atoms with Crippen LogP contribution in [0.25, 0.3) is 0 Å². The first-order valence-electron chi connectivity index (χ1n) is 8.58. The Morgan fingerprint density at radius 1 is 0.741 bits per heavy atom. The molecule has 0 fully saturated rings. The van der Waals surface area contributed by atoms with Gasteiger partial charge < -0.3 is 0 Å². The van der Waals surface area contributed by atoms with Crippen LogP contribution >= 0.6 is 0 Å². The number of carbonyl (C=O) groups excluding carboxylic acids is 1. The van der Waals surface area contributed by atoms with E-state index in [1.807, 2.05) is 32.9 Å². The second kappa shape index (κ2) is 7.37. The highest BCUT2D eigenvalue weighted by Crippen LogP contribution is 2.24. The van der Waals surface area contributed by atoms with E-state index >= 15 is 0 Å². The van der Waals surface area contributed by atoms with Crippen molar-refractivity contribution in [3.8, 4) is 0 Å². The summed E-state index contributed by atoms with van der Waals surface area (Å²) in [6, 6.07) is 18.9. The molecule has 0 saturated carbocycles. The summed E-state index contributed by atoms with van der Waals surface area (Å²) in [5, 5.41) is 0. The van der Waals surface area contributed by atoms with Gasteiger partial charge in [0.05, 0.1) is 10.6 Å². The van der Waals surface area contributed by atoms with Crippen molar-refractivity contribution < 1.29 is 13.2 Å². The van der Waals surface area contributed by atoms with E-state index in [0.717, 1.165) is 16.7 Å². The Morgan fingerprint density at radius 2 is 1.26 bits per heavy atom. The predicted octanol–water partition coefficient (Wildman–Crippen LogP) is 4.64. The van der Waals surface area contributed by atoms with Crippen molar-refractivity contribution >= 4 is 21.5 Å². The molecule has 0 radical (unpaired) electrons. The molecule has 0 unspecified atom stereocenters. The second-order valence-electron chi connectivity index (χ2n) is 6.66. The van der Waals surface area contributed by atoms with Gasteiger partial charge in [-0.25, -0.2) is 8.42 Å². The number of ketones is 1. The highest BCUT2D eigenvalue weighted by molar-refractivity contribution is 7.92. The van der Waals surface area contributed by atoms with Crippen molar-refractivity contribution in [1.82, 2.24) is 0 Å². The molecule has 0 aliphatic heterocycles. The Labute approximate surface area is 159 Å². The monoisotopic (exact) mass is 379 g/mol. The normalized spacial score (nSPS) is 11.2. The Balaban J connectivity index is 2.00. The molecule has 0 aliphatic carbocycles. The van der Waals surface area contributed by atoms with E-state index in [1.54, 1.807) is 54.6 Å². The minimum Gasteiger partial charge on any atom is -0.289 e. The standard InChI is InChI=1S/C22H21NO3S/c1-15-4-9-18(10-5-15)22(24)20-14-17(3)8-13-21(20)23-27(25,26)19-11-6-16(2)7-12-19/h4-14,23H,1-3H3. The van der Waals surface area contributed by atoms with E-state index in [9.17, 15) is 13.2 Å². The highest BCUT2D eigenvalue weighted by Gasteiger charge is 2.20. The van der Waals surface area contributed by atoms with E-state index in [4.69, 9.17) is 0 Å². The lowest BCUT2D eigenvalue weighted by Crippen LogP contribution is -2.16. The van der Waals surface area contributed by atoms with Crippen LogP contribution in [0.15, 0.2) is 71.6 Å². The lowest BCUT2D eigenvalue weighted by molar-refractivity contribution is 0.103. The fourth-order valence-corrected chi connectivity index (χ4v) is 3.80. The van der Waals surface area contributed by atoms with Gasteiger partial charge in [-0.2, -0.15) is 0 Å². The summed E-state index contributed by atoms with van der Waals surface area (Å²) in [5.74, 6) is -0.222. The number of hydrogen-bond donors (Lipinski definition) is 1. The van der Waals surface area contributed by atoms with Gasteiger partial charge in [0.15, 0.2) is 5.78 Å². The number of carbonyl (C=O) groups is 1. The van der Waals surface area contributed by atoms with Gasteiger partial charge in [-0.15, -0.1) is 0 Å². The number of nitrogens with one attached hydrogen (secondary N) is 1. The fourth-order valence-electron chi connectivity index (χ4n) is 2.72. The van der Waals surface area contributed by atoms with Gasteiger partial charge in [0.1, 0.15) is 0 Å². The first-order chi connectivity index (χ1) is 12.8. The van der Waals surface area contributed by atoms with Crippen LogP contribution in [0, 0.1) is 20.8 Å². The third kappa shape index (κ3) is 4.26. The molecule has 1 N–H and O–H groups in total. The van der Waals surface area contributed by atoms with Crippen LogP contribution in [-0.2, 0) is 10.0 Å². The molecule has 0 atom stereocenters. The SMILES string of the molecule is Cc1ccc(C(=O)c2cc(C)ccc2NS(=O)(=O)c2ccc(C)cc2)cc1. The summed E-state index contributed by atoms with van der Waals surface area (Å²) in [5.41, 5.74) is 4.02. The molecule has 0 bridgehead atoms. The minimum atomic E-state index is -3.79. The molecule has 0 saturated heterocycles. The van der Waals surface area contributed by atoms with Gasteiger partial charge in [-0.05, 0) is 45.0 Å². The van der Waals surface area contributed by atoms with Gasteiger partial charge in [0.25, 0.3) is 10.0 Å². The van der Waals surface area contributed by atoms with Crippen molar-refractivity contribution in [2.75, 3.05) is 4.72 Å². The smallest absolute Gasteiger partial charge is 0.261 e. The zero-order valence-corrected chi connectivity index (χ0v) is 16.3. The average Bonchev–Trinajstić information content (AvgIpc) is 2.63. The Bertz CT molecular complexity index is 1080. The number of rotatable bonds is 5. The predicted molar refractivity (Wildman–Crippen MR) is 108 cm³/mol. The minimum absolute atomic E-state index is 0.155. The molecule has 3 aromatic carbocycles. The number of hydrogen-bond acceptors (Lipinski definition) is 3. The summed E-state index contributed by atoms with van der Waals surface area (Å²) in [7, 11) is -3.79. The van der Waals surface area contributed by atoms with Crippen molar-refractivity contribution in [2.24, 2.45) is 0 Å². The van der Waals surface area contributed by atoms with Crippen molar-refractivity contribution in [3.05, 3.63) is 94.5 Å². The largest absolute Gasteiger partial charge is 0.289 e.